The third-order valence-electron chi connectivity index (χ3n) is 2.65. The molecule has 0 aromatic heterocycles. The summed E-state index contributed by atoms with van der Waals surface area (Å²) in [5, 5.41) is 8.90. The van der Waals surface area contributed by atoms with Crippen LogP contribution in [0.3, 0.4) is 0 Å². The van der Waals surface area contributed by atoms with Crippen LogP contribution < -0.4 is 4.74 Å². The SMILES string of the molecule is CCN(CC)C(=O)COc1cc(C(=O)O)ccc1Br. The molecule has 1 N–H and O–H groups in total. The molecule has 0 saturated carbocycles. The normalized spacial score (nSPS) is 10.1. The molecule has 0 spiro atoms. The number of hydrogen-bond acceptors (Lipinski definition) is 3. The molecule has 6 heteroatoms. The van der Waals surface area contributed by atoms with Crippen molar-refractivity contribution in [1.82, 2.24) is 4.90 Å². The smallest absolute Gasteiger partial charge is 0.335 e. The summed E-state index contributed by atoms with van der Waals surface area (Å²) in [6.07, 6.45) is 0. The highest BCUT2D eigenvalue weighted by molar-refractivity contribution is 9.10. The molecule has 0 aliphatic rings. The lowest BCUT2D eigenvalue weighted by Crippen LogP contribution is -2.34. The first-order valence-corrected chi connectivity index (χ1v) is 6.72. The molecule has 0 fully saturated rings. The molecular formula is C13H16BrNO4. The number of carbonyl (C=O) groups excluding carboxylic acids is 1. The van der Waals surface area contributed by atoms with Gasteiger partial charge in [0.05, 0.1) is 10.0 Å². The van der Waals surface area contributed by atoms with Gasteiger partial charge in [-0.2, -0.15) is 0 Å². The van der Waals surface area contributed by atoms with E-state index in [-0.39, 0.29) is 18.1 Å². The lowest BCUT2D eigenvalue weighted by atomic mass is 10.2. The van der Waals surface area contributed by atoms with Gasteiger partial charge in [0.15, 0.2) is 6.61 Å². The van der Waals surface area contributed by atoms with Crippen molar-refractivity contribution < 1.29 is 19.4 Å². The van der Waals surface area contributed by atoms with E-state index in [1.807, 2.05) is 13.8 Å². The van der Waals surface area contributed by atoms with E-state index in [2.05, 4.69) is 15.9 Å². The Kier molecular flexibility index (Phi) is 5.82. The monoisotopic (exact) mass is 329 g/mol. The van der Waals surface area contributed by atoms with Gasteiger partial charge >= 0.3 is 5.97 Å². The van der Waals surface area contributed by atoms with Crippen molar-refractivity contribution in [3.05, 3.63) is 28.2 Å². The third-order valence-corrected chi connectivity index (χ3v) is 3.30. The average molecular weight is 330 g/mol. The van der Waals surface area contributed by atoms with Crippen molar-refractivity contribution >= 4 is 27.8 Å². The zero-order chi connectivity index (χ0) is 14.4. The molecule has 5 nitrogen and oxygen atoms in total. The van der Waals surface area contributed by atoms with Crippen LogP contribution in [0.1, 0.15) is 24.2 Å². The molecule has 0 radical (unpaired) electrons. The Balaban J connectivity index is 2.74. The predicted molar refractivity (Wildman–Crippen MR) is 74.5 cm³/mol. The van der Waals surface area contributed by atoms with E-state index in [1.165, 1.54) is 12.1 Å². The number of nitrogens with zero attached hydrogens (tertiary/aromatic N) is 1. The molecule has 0 aliphatic heterocycles. The van der Waals surface area contributed by atoms with Crippen LogP contribution in [0.2, 0.25) is 0 Å². The standard InChI is InChI=1S/C13H16BrNO4/c1-3-15(4-2)12(16)8-19-11-7-9(13(17)18)5-6-10(11)14/h5-7H,3-4,8H2,1-2H3,(H,17,18). The lowest BCUT2D eigenvalue weighted by molar-refractivity contribution is -0.132. The number of carboxylic acids is 1. The Hall–Kier alpha value is -1.56. The molecule has 1 amide bonds. The van der Waals surface area contributed by atoms with Crippen LogP contribution in [-0.4, -0.2) is 41.6 Å². The number of likely N-dealkylation sites (N-methyl/N-ethyl adjacent to an activating group) is 1. The van der Waals surface area contributed by atoms with Crippen molar-refractivity contribution in [3.8, 4) is 5.75 Å². The summed E-state index contributed by atoms with van der Waals surface area (Å²) < 4.78 is 5.99. The molecule has 1 aromatic rings. The Morgan fingerprint density at radius 3 is 2.47 bits per heavy atom. The van der Waals surface area contributed by atoms with Crippen LogP contribution in [0.4, 0.5) is 0 Å². The zero-order valence-corrected chi connectivity index (χ0v) is 12.4. The van der Waals surface area contributed by atoms with Gasteiger partial charge in [0.2, 0.25) is 0 Å². The maximum absolute atomic E-state index is 11.8. The number of carbonyl (C=O) groups is 2. The Morgan fingerprint density at radius 1 is 1.32 bits per heavy atom. The van der Waals surface area contributed by atoms with Gasteiger partial charge in [-0.05, 0) is 48.0 Å². The first kappa shape index (κ1) is 15.5. The number of ether oxygens (including phenoxy) is 1. The van der Waals surface area contributed by atoms with E-state index in [4.69, 9.17) is 9.84 Å². The number of amides is 1. The Morgan fingerprint density at radius 2 is 1.95 bits per heavy atom. The second kappa shape index (κ2) is 7.13. The Bertz CT molecular complexity index is 472. The molecule has 0 unspecified atom stereocenters. The van der Waals surface area contributed by atoms with Gasteiger partial charge in [-0.15, -0.1) is 0 Å². The molecule has 0 atom stereocenters. The van der Waals surface area contributed by atoms with E-state index in [9.17, 15) is 9.59 Å². The molecule has 1 rings (SSSR count). The van der Waals surface area contributed by atoms with E-state index in [0.29, 0.717) is 23.3 Å². The van der Waals surface area contributed by atoms with Crippen molar-refractivity contribution in [3.63, 3.8) is 0 Å². The van der Waals surface area contributed by atoms with Gasteiger partial charge < -0.3 is 14.7 Å². The number of benzene rings is 1. The number of halogens is 1. The number of rotatable bonds is 6. The fraction of sp³-hybridized carbons (Fsp3) is 0.385. The highest BCUT2D eigenvalue weighted by atomic mass is 79.9. The molecule has 0 aliphatic carbocycles. The number of hydrogen-bond donors (Lipinski definition) is 1. The average Bonchev–Trinajstić information content (AvgIpc) is 2.38. The summed E-state index contributed by atoms with van der Waals surface area (Å²) in [5.74, 6) is -0.814. The molecule has 0 saturated heterocycles. The first-order valence-electron chi connectivity index (χ1n) is 5.93. The van der Waals surface area contributed by atoms with E-state index < -0.39 is 5.97 Å². The van der Waals surface area contributed by atoms with Gasteiger partial charge in [0.1, 0.15) is 5.75 Å². The summed E-state index contributed by atoms with van der Waals surface area (Å²) in [6, 6.07) is 4.44. The first-order chi connectivity index (χ1) is 8.99. The summed E-state index contributed by atoms with van der Waals surface area (Å²) in [5.41, 5.74) is 0.119. The number of aromatic carboxylic acids is 1. The fourth-order valence-corrected chi connectivity index (χ4v) is 1.92. The second-order valence-electron chi connectivity index (χ2n) is 3.81. The van der Waals surface area contributed by atoms with Crippen LogP contribution in [0.5, 0.6) is 5.75 Å². The van der Waals surface area contributed by atoms with Crippen LogP contribution in [-0.2, 0) is 4.79 Å². The maximum Gasteiger partial charge on any atom is 0.335 e. The summed E-state index contributed by atoms with van der Waals surface area (Å²) in [6.45, 7) is 4.91. The topological polar surface area (TPSA) is 66.8 Å². The fourth-order valence-electron chi connectivity index (χ4n) is 1.55. The van der Waals surface area contributed by atoms with Crippen molar-refractivity contribution in [1.29, 1.82) is 0 Å². The van der Waals surface area contributed by atoms with E-state index in [0.717, 1.165) is 0 Å². The minimum absolute atomic E-state index is 0.108. The van der Waals surface area contributed by atoms with Crippen LogP contribution >= 0.6 is 15.9 Å². The number of carboxylic acid groups (broad SMARTS) is 1. The molecule has 1 aromatic carbocycles. The van der Waals surface area contributed by atoms with Gasteiger partial charge in [-0.3, -0.25) is 4.79 Å². The highest BCUT2D eigenvalue weighted by Crippen LogP contribution is 2.26. The van der Waals surface area contributed by atoms with Gasteiger partial charge in [0, 0.05) is 13.1 Å². The predicted octanol–water partition coefficient (Wildman–Crippen LogP) is 2.39. The molecular weight excluding hydrogens is 314 g/mol. The third kappa shape index (κ3) is 4.24. The van der Waals surface area contributed by atoms with Crippen LogP contribution in [0.15, 0.2) is 22.7 Å². The Labute approximate surface area is 120 Å². The summed E-state index contributed by atoms with van der Waals surface area (Å²) in [4.78, 5) is 24.3. The molecule has 0 bridgehead atoms. The molecule has 0 heterocycles. The summed E-state index contributed by atoms with van der Waals surface area (Å²) >= 11 is 3.26. The van der Waals surface area contributed by atoms with E-state index in [1.54, 1.807) is 11.0 Å². The quantitative estimate of drug-likeness (QED) is 0.870. The van der Waals surface area contributed by atoms with Crippen LogP contribution in [0, 0.1) is 0 Å². The molecule has 19 heavy (non-hydrogen) atoms. The van der Waals surface area contributed by atoms with Crippen molar-refractivity contribution in [2.24, 2.45) is 0 Å². The maximum atomic E-state index is 11.8. The largest absolute Gasteiger partial charge is 0.483 e. The second-order valence-corrected chi connectivity index (χ2v) is 4.66. The highest BCUT2D eigenvalue weighted by Gasteiger charge is 2.13. The molecule has 104 valence electrons. The van der Waals surface area contributed by atoms with Gasteiger partial charge in [-0.25, -0.2) is 4.79 Å². The van der Waals surface area contributed by atoms with E-state index >= 15 is 0 Å². The minimum atomic E-state index is -1.03. The van der Waals surface area contributed by atoms with Crippen molar-refractivity contribution in [2.45, 2.75) is 13.8 Å². The van der Waals surface area contributed by atoms with Gasteiger partial charge in [-0.1, -0.05) is 0 Å². The van der Waals surface area contributed by atoms with Crippen LogP contribution in [0.25, 0.3) is 0 Å². The summed E-state index contributed by atoms with van der Waals surface area (Å²) in [7, 11) is 0. The lowest BCUT2D eigenvalue weighted by Gasteiger charge is -2.19. The minimum Gasteiger partial charge on any atom is -0.483 e. The van der Waals surface area contributed by atoms with Crippen molar-refractivity contribution in [2.75, 3.05) is 19.7 Å². The van der Waals surface area contributed by atoms with Gasteiger partial charge in [0.25, 0.3) is 5.91 Å². The zero-order valence-electron chi connectivity index (χ0n) is 10.9.